The summed E-state index contributed by atoms with van der Waals surface area (Å²) < 4.78 is 31.4. The largest absolute Gasteiger partial charge is 0.360 e. The van der Waals surface area contributed by atoms with E-state index in [1.54, 1.807) is 6.92 Å². The second-order valence-corrected chi connectivity index (χ2v) is 5.72. The number of amides is 1. The van der Waals surface area contributed by atoms with Gasteiger partial charge in [-0.25, -0.2) is 8.42 Å². The molecule has 106 valence electrons. The molecule has 1 aromatic heterocycles. The molecule has 2 rings (SSSR count). The van der Waals surface area contributed by atoms with Crippen molar-refractivity contribution in [2.75, 3.05) is 11.8 Å². The molecule has 2 aromatic rings. The van der Waals surface area contributed by atoms with Crippen molar-refractivity contribution in [1.29, 1.82) is 0 Å². The number of anilines is 1. The van der Waals surface area contributed by atoms with Gasteiger partial charge in [0, 0.05) is 18.7 Å². The van der Waals surface area contributed by atoms with Gasteiger partial charge in [0.2, 0.25) is 0 Å². The molecule has 20 heavy (non-hydrogen) atoms. The van der Waals surface area contributed by atoms with Gasteiger partial charge in [-0.2, -0.15) is 0 Å². The number of nitrogens with zero attached hydrogens (tertiary/aromatic N) is 1. The van der Waals surface area contributed by atoms with E-state index in [2.05, 4.69) is 15.2 Å². The predicted molar refractivity (Wildman–Crippen MR) is 71.9 cm³/mol. The third-order valence-electron chi connectivity index (χ3n) is 2.50. The molecular weight excluding hydrogens is 282 g/mol. The molecule has 1 amide bonds. The molecule has 1 aromatic carbocycles. The van der Waals surface area contributed by atoms with Gasteiger partial charge in [0.15, 0.2) is 5.82 Å². The molecule has 2 N–H and O–H groups in total. The summed E-state index contributed by atoms with van der Waals surface area (Å²) in [5.41, 5.74) is 0.256. The Hall–Kier alpha value is -2.35. The zero-order chi connectivity index (χ0) is 14.8. The number of nitrogens with one attached hydrogen (secondary N) is 2. The van der Waals surface area contributed by atoms with Crippen LogP contribution in [-0.4, -0.2) is 26.5 Å². The van der Waals surface area contributed by atoms with Crippen molar-refractivity contribution in [3.63, 3.8) is 0 Å². The van der Waals surface area contributed by atoms with E-state index in [4.69, 9.17) is 4.52 Å². The van der Waals surface area contributed by atoms with E-state index in [1.807, 2.05) is 0 Å². The summed E-state index contributed by atoms with van der Waals surface area (Å²) in [5.74, 6) is 0.217. The predicted octanol–water partition coefficient (Wildman–Crippen LogP) is 1.14. The van der Waals surface area contributed by atoms with Crippen molar-refractivity contribution >= 4 is 21.7 Å². The highest BCUT2D eigenvalue weighted by atomic mass is 32.2. The highest BCUT2D eigenvalue weighted by Gasteiger charge is 2.17. The van der Waals surface area contributed by atoms with E-state index in [1.165, 1.54) is 37.4 Å². The maximum atomic E-state index is 12.1. The molecule has 0 aliphatic heterocycles. The van der Waals surface area contributed by atoms with Gasteiger partial charge in [-0.3, -0.25) is 9.52 Å². The number of hydrogen-bond donors (Lipinski definition) is 2. The van der Waals surface area contributed by atoms with Crippen LogP contribution in [0.3, 0.4) is 0 Å². The number of aryl methyl sites for hydroxylation is 1. The molecule has 0 aliphatic carbocycles. The average molecular weight is 295 g/mol. The van der Waals surface area contributed by atoms with Crippen molar-refractivity contribution in [1.82, 2.24) is 10.5 Å². The summed E-state index contributed by atoms with van der Waals surface area (Å²) >= 11 is 0. The normalized spacial score (nSPS) is 11.1. The summed E-state index contributed by atoms with van der Waals surface area (Å²) in [4.78, 5) is 11.5. The molecule has 0 saturated heterocycles. The number of carbonyl (C=O) groups is 1. The maximum absolute atomic E-state index is 12.1. The van der Waals surface area contributed by atoms with Crippen molar-refractivity contribution in [3.8, 4) is 0 Å². The van der Waals surface area contributed by atoms with Crippen LogP contribution in [0.2, 0.25) is 0 Å². The van der Waals surface area contributed by atoms with Gasteiger partial charge in [-0.05, 0) is 25.1 Å². The third-order valence-corrected chi connectivity index (χ3v) is 3.85. The molecule has 0 unspecified atom stereocenters. The first kappa shape index (κ1) is 14.1. The summed E-state index contributed by atoms with van der Waals surface area (Å²) in [5, 5.41) is 5.99. The molecule has 1 heterocycles. The fourth-order valence-electron chi connectivity index (χ4n) is 1.56. The fraction of sp³-hybridized carbons (Fsp3) is 0.167. The van der Waals surface area contributed by atoms with Gasteiger partial charge in [0.25, 0.3) is 15.9 Å². The second-order valence-electron chi connectivity index (χ2n) is 4.04. The minimum atomic E-state index is -3.82. The van der Waals surface area contributed by atoms with Crippen LogP contribution in [0.4, 0.5) is 5.82 Å². The minimum Gasteiger partial charge on any atom is -0.360 e. The van der Waals surface area contributed by atoms with E-state index < -0.39 is 10.0 Å². The van der Waals surface area contributed by atoms with Crippen LogP contribution < -0.4 is 10.0 Å². The summed E-state index contributed by atoms with van der Waals surface area (Å²) in [6.45, 7) is 1.65. The maximum Gasteiger partial charge on any atom is 0.263 e. The van der Waals surface area contributed by atoms with Gasteiger partial charge in [-0.1, -0.05) is 11.2 Å². The number of rotatable bonds is 4. The molecular formula is C12H13N3O4S. The lowest BCUT2D eigenvalue weighted by atomic mass is 10.2. The van der Waals surface area contributed by atoms with E-state index in [0.29, 0.717) is 5.76 Å². The molecule has 0 fully saturated rings. The Bertz CT molecular complexity index is 737. The number of aromatic nitrogens is 1. The summed E-state index contributed by atoms with van der Waals surface area (Å²) in [6, 6.07) is 7.15. The Kier molecular flexibility index (Phi) is 3.75. The zero-order valence-corrected chi connectivity index (χ0v) is 11.7. The highest BCUT2D eigenvalue weighted by molar-refractivity contribution is 7.92. The monoisotopic (exact) mass is 295 g/mol. The molecule has 0 radical (unpaired) electrons. The van der Waals surface area contributed by atoms with Crippen LogP contribution in [0.5, 0.6) is 0 Å². The van der Waals surface area contributed by atoms with Gasteiger partial charge in [-0.15, -0.1) is 0 Å². The first-order valence-corrected chi connectivity index (χ1v) is 7.19. The average Bonchev–Trinajstić information content (AvgIpc) is 2.82. The zero-order valence-electron chi connectivity index (χ0n) is 10.9. The lowest BCUT2D eigenvalue weighted by Crippen LogP contribution is -2.19. The van der Waals surface area contributed by atoms with Crippen LogP contribution in [0, 0.1) is 6.92 Å². The van der Waals surface area contributed by atoms with Crippen molar-refractivity contribution < 1.29 is 17.7 Å². The summed E-state index contributed by atoms with van der Waals surface area (Å²) in [7, 11) is -2.34. The van der Waals surface area contributed by atoms with Crippen LogP contribution in [0.15, 0.2) is 39.8 Å². The number of benzene rings is 1. The first-order chi connectivity index (χ1) is 9.42. The smallest absolute Gasteiger partial charge is 0.263 e. The minimum absolute atomic E-state index is 0.0285. The Balaban J connectivity index is 2.32. The Morgan fingerprint density at radius 3 is 2.65 bits per heavy atom. The number of hydrogen-bond acceptors (Lipinski definition) is 5. The quantitative estimate of drug-likeness (QED) is 0.881. The summed E-state index contributed by atoms with van der Waals surface area (Å²) in [6.07, 6.45) is 0. The van der Waals surface area contributed by atoms with E-state index in [0.717, 1.165) is 0 Å². The Morgan fingerprint density at radius 2 is 2.05 bits per heavy atom. The topological polar surface area (TPSA) is 101 Å². The highest BCUT2D eigenvalue weighted by Crippen LogP contribution is 2.17. The van der Waals surface area contributed by atoms with Crippen molar-refractivity contribution in [2.24, 2.45) is 0 Å². The molecule has 0 bridgehead atoms. The van der Waals surface area contributed by atoms with Crippen LogP contribution in [0.1, 0.15) is 16.1 Å². The second kappa shape index (κ2) is 5.33. The lowest BCUT2D eigenvalue weighted by Gasteiger charge is -2.06. The Labute approximate surface area is 116 Å². The molecule has 0 saturated carbocycles. The molecule has 0 aliphatic rings. The van der Waals surface area contributed by atoms with Crippen molar-refractivity contribution in [2.45, 2.75) is 11.8 Å². The molecule has 0 spiro atoms. The molecule has 7 nitrogen and oxygen atoms in total. The van der Waals surface area contributed by atoms with E-state index >= 15 is 0 Å². The molecule has 8 heteroatoms. The van der Waals surface area contributed by atoms with Crippen LogP contribution in [0.25, 0.3) is 0 Å². The van der Waals surface area contributed by atoms with Crippen LogP contribution in [-0.2, 0) is 10.0 Å². The van der Waals surface area contributed by atoms with Gasteiger partial charge >= 0.3 is 0 Å². The van der Waals surface area contributed by atoms with Crippen LogP contribution >= 0.6 is 0 Å². The van der Waals surface area contributed by atoms with Gasteiger partial charge in [0.1, 0.15) is 5.76 Å². The van der Waals surface area contributed by atoms with Gasteiger partial charge in [0.05, 0.1) is 4.90 Å². The number of carbonyl (C=O) groups excluding carboxylic acids is 1. The SMILES string of the molecule is CNC(=O)c1cccc(S(=O)(=O)Nc2cc(C)on2)c1. The molecule has 0 atom stereocenters. The van der Waals surface area contributed by atoms with Gasteiger partial charge < -0.3 is 9.84 Å². The Morgan fingerprint density at radius 1 is 1.30 bits per heavy atom. The number of sulfonamides is 1. The first-order valence-electron chi connectivity index (χ1n) is 5.70. The van der Waals surface area contributed by atoms with E-state index in [-0.39, 0.29) is 22.2 Å². The standard InChI is InChI=1S/C12H13N3O4S/c1-8-6-11(14-19-8)15-20(17,18)10-5-3-4-9(7-10)12(16)13-2/h3-7H,1-2H3,(H,13,16)(H,14,15). The van der Waals surface area contributed by atoms with Crippen molar-refractivity contribution in [3.05, 3.63) is 41.7 Å². The third kappa shape index (κ3) is 2.97. The van der Waals surface area contributed by atoms with E-state index in [9.17, 15) is 13.2 Å². The lowest BCUT2D eigenvalue weighted by molar-refractivity contribution is 0.0963. The fourth-order valence-corrected chi connectivity index (χ4v) is 2.59.